The summed E-state index contributed by atoms with van der Waals surface area (Å²) in [6.45, 7) is 2.31. The maximum atomic E-state index is 12.1. The minimum Gasteiger partial charge on any atom is -0.481 e. The standard InChI is InChI=1S/C13H16N2O4/c1-8(16)10-6-11(14-7-10)12(17)15-4-2-9(3-5-15)13(18)19/h6-7,9,14H,2-5H2,1H3,(H,18,19). The molecule has 0 spiro atoms. The summed E-state index contributed by atoms with van der Waals surface area (Å²) in [6, 6.07) is 1.54. The van der Waals surface area contributed by atoms with Crippen LogP contribution in [-0.2, 0) is 4.79 Å². The molecule has 2 heterocycles. The monoisotopic (exact) mass is 264 g/mol. The Bertz CT molecular complexity index is 512. The van der Waals surface area contributed by atoms with E-state index in [0.717, 1.165) is 0 Å². The highest BCUT2D eigenvalue weighted by atomic mass is 16.4. The molecule has 1 saturated heterocycles. The van der Waals surface area contributed by atoms with Gasteiger partial charge in [-0.2, -0.15) is 0 Å². The molecule has 1 aromatic heterocycles. The van der Waals surface area contributed by atoms with E-state index in [1.54, 1.807) is 4.90 Å². The SMILES string of the molecule is CC(=O)c1c[nH]c(C(=O)N2CCC(C(=O)O)CC2)c1. The number of piperidine rings is 1. The Morgan fingerprint density at radius 1 is 1.32 bits per heavy atom. The molecule has 1 aliphatic rings. The Morgan fingerprint density at radius 2 is 1.95 bits per heavy atom. The average Bonchev–Trinajstić information content (AvgIpc) is 2.87. The molecular formula is C13H16N2O4. The molecule has 6 nitrogen and oxygen atoms in total. The first-order valence-corrected chi connectivity index (χ1v) is 6.20. The molecule has 19 heavy (non-hydrogen) atoms. The molecule has 1 amide bonds. The van der Waals surface area contributed by atoms with Gasteiger partial charge in [-0.05, 0) is 25.8 Å². The van der Waals surface area contributed by atoms with Gasteiger partial charge in [-0.1, -0.05) is 0 Å². The number of nitrogens with zero attached hydrogens (tertiary/aromatic N) is 1. The summed E-state index contributed by atoms with van der Waals surface area (Å²) in [5.41, 5.74) is 0.850. The number of aliphatic carboxylic acids is 1. The predicted molar refractivity (Wildman–Crippen MR) is 67.1 cm³/mol. The van der Waals surface area contributed by atoms with Crippen LogP contribution in [0.25, 0.3) is 0 Å². The molecule has 1 aromatic rings. The number of likely N-dealkylation sites (tertiary alicyclic amines) is 1. The summed E-state index contributed by atoms with van der Waals surface area (Å²) in [7, 11) is 0. The molecule has 0 saturated carbocycles. The van der Waals surface area contributed by atoms with Gasteiger partial charge in [0.15, 0.2) is 5.78 Å². The van der Waals surface area contributed by atoms with E-state index in [2.05, 4.69) is 4.98 Å². The summed E-state index contributed by atoms with van der Waals surface area (Å²) < 4.78 is 0. The van der Waals surface area contributed by atoms with E-state index in [-0.39, 0.29) is 17.6 Å². The van der Waals surface area contributed by atoms with Crippen molar-refractivity contribution in [3.05, 3.63) is 23.5 Å². The van der Waals surface area contributed by atoms with E-state index in [1.165, 1.54) is 19.2 Å². The molecule has 1 fully saturated rings. The molecule has 1 aliphatic heterocycles. The van der Waals surface area contributed by atoms with Crippen molar-refractivity contribution in [1.82, 2.24) is 9.88 Å². The number of aromatic nitrogens is 1. The summed E-state index contributed by atoms with van der Waals surface area (Å²) in [5.74, 6) is -1.44. The van der Waals surface area contributed by atoms with Gasteiger partial charge in [0, 0.05) is 24.8 Å². The lowest BCUT2D eigenvalue weighted by Crippen LogP contribution is -2.40. The lowest BCUT2D eigenvalue weighted by Gasteiger charge is -2.29. The zero-order valence-corrected chi connectivity index (χ0v) is 10.7. The number of carbonyl (C=O) groups is 3. The van der Waals surface area contributed by atoms with Crippen LogP contribution in [0, 0.1) is 5.92 Å². The van der Waals surface area contributed by atoms with Gasteiger partial charge >= 0.3 is 5.97 Å². The molecule has 0 bridgehead atoms. The lowest BCUT2D eigenvalue weighted by molar-refractivity contribution is -0.143. The fraction of sp³-hybridized carbons (Fsp3) is 0.462. The van der Waals surface area contributed by atoms with Crippen LogP contribution in [0.1, 0.15) is 40.6 Å². The number of ketones is 1. The third kappa shape index (κ3) is 2.83. The summed E-state index contributed by atoms with van der Waals surface area (Å²) in [4.78, 5) is 38.6. The summed E-state index contributed by atoms with van der Waals surface area (Å²) in [6.07, 6.45) is 2.46. The smallest absolute Gasteiger partial charge is 0.306 e. The van der Waals surface area contributed by atoms with Crippen LogP contribution >= 0.6 is 0 Å². The second-order valence-electron chi connectivity index (χ2n) is 4.76. The number of carbonyl (C=O) groups excluding carboxylic acids is 2. The molecular weight excluding hydrogens is 248 g/mol. The molecule has 2 N–H and O–H groups in total. The Balaban J connectivity index is 2.01. The van der Waals surface area contributed by atoms with E-state index in [0.29, 0.717) is 37.2 Å². The Hall–Kier alpha value is -2.11. The Kier molecular flexibility index (Phi) is 3.69. The number of rotatable bonds is 3. The third-order valence-electron chi connectivity index (χ3n) is 3.45. The number of hydrogen-bond acceptors (Lipinski definition) is 3. The van der Waals surface area contributed by atoms with Crippen molar-refractivity contribution in [3.63, 3.8) is 0 Å². The molecule has 102 valence electrons. The van der Waals surface area contributed by atoms with Gasteiger partial charge in [-0.15, -0.1) is 0 Å². The van der Waals surface area contributed by atoms with Crippen LogP contribution < -0.4 is 0 Å². The third-order valence-corrected chi connectivity index (χ3v) is 3.45. The normalized spacial score (nSPS) is 16.4. The number of aromatic amines is 1. The average molecular weight is 264 g/mol. The number of H-pyrrole nitrogens is 1. The minimum absolute atomic E-state index is 0.0973. The molecule has 0 atom stereocenters. The van der Waals surface area contributed by atoms with E-state index in [4.69, 9.17) is 5.11 Å². The van der Waals surface area contributed by atoms with Crippen molar-refractivity contribution in [2.45, 2.75) is 19.8 Å². The van der Waals surface area contributed by atoms with E-state index in [9.17, 15) is 14.4 Å². The van der Waals surface area contributed by atoms with Crippen LogP contribution in [-0.4, -0.2) is 45.7 Å². The fourth-order valence-electron chi connectivity index (χ4n) is 2.22. The van der Waals surface area contributed by atoms with Crippen molar-refractivity contribution in [3.8, 4) is 0 Å². The van der Waals surface area contributed by atoms with Gasteiger partial charge in [-0.25, -0.2) is 0 Å². The zero-order chi connectivity index (χ0) is 14.0. The first-order chi connectivity index (χ1) is 8.99. The van der Waals surface area contributed by atoms with Crippen molar-refractivity contribution in [2.75, 3.05) is 13.1 Å². The number of carboxylic acids is 1. The predicted octanol–water partition coefficient (Wildman–Crippen LogP) is 1.15. The zero-order valence-electron chi connectivity index (χ0n) is 10.7. The van der Waals surface area contributed by atoms with Gasteiger partial charge in [0.2, 0.25) is 0 Å². The van der Waals surface area contributed by atoms with Gasteiger partial charge < -0.3 is 15.0 Å². The first kappa shape index (κ1) is 13.3. The van der Waals surface area contributed by atoms with Crippen molar-refractivity contribution >= 4 is 17.7 Å². The van der Waals surface area contributed by atoms with E-state index >= 15 is 0 Å². The molecule has 0 aliphatic carbocycles. The van der Waals surface area contributed by atoms with Crippen molar-refractivity contribution in [1.29, 1.82) is 0 Å². The highest BCUT2D eigenvalue weighted by Crippen LogP contribution is 2.19. The highest BCUT2D eigenvalue weighted by Gasteiger charge is 2.28. The van der Waals surface area contributed by atoms with Crippen LogP contribution in [0.2, 0.25) is 0 Å². The molecule has 0 radical (unpaired) electrons. The number of amides is 1. The van der Waals surface area contributed by atoms with E-state index < -0.39 is 5.97 Å². The first-order valence-electron chi connectivity index (χ1n) is 6.20. The molecule has 0 unspecified atom stereocenters. The van der Waals surface area contributed by atoms with Gasteiger partial charge in [0.25, 0.3) is 5.91 Å². The maximum absolute atomic E-state index is 12.1. The Morgan fingerprint density at radius 3 is 2.42 bits per heavy atom. The molecule has 0 aromatic carbocycles. The van der Waals surface area contributed by atoms with Crippen molar-refractivity contribution in [2.24, 2.45) is 5.92 Å². The quantitative estimate of drug-likeness (QED) is 0.801. The fourth-order valence-corrected chi connectivity index (χ4v) is 2.22. The van der Waals surface area contributed by atoms with E-state index in [1.807, 2.05) is 0 Å². The molecule has 2 rings (SSSR count). The topological polar surface area (TPSA) is 90.5 Å². The largest absolute Gasteiger partial charge is 0.481 e. The summed E-state index contributed by atoms with van der Waals surface area (Å²) >= 11 is 0. The number of carboxylic acid groups (broad SMARTS) is 1. The maximum Gasteiger partial charge on any atom is 0.306 e. The minimum atomic E-state index is -0.800. The van der Waals surface area contributed by atoms with Gasteiger partial charge in [0.1, 0.15) is 5.69 Å². The molecule has 6 heteroatoms. The van der Waals surface area contributed by atoms with Crippen LogP contribution in [0.15, 0.2) is 12.3 Å². The lowest BCUT2D eigenvalue weighted by atomic mass is 9.97. The van der Waals surface area contributed by atoms with Crippen LogP contribution in [0.3, 0.4) is 0 Å². The van der Waals surface area contributed by atoms with Crippen molar-refractivity contribution < 1.29 is 19.5 Å². The van der Waals surface area contributed by atoms with Gasteiger partial charge in [-0.3, -0.25) is 14.4 Å². The number of nitrogens with one attached hydrogen (secondary N) is 1. The number of hydrogen-bond donors (Lipinski definition) is 2. The summed E-state index contributed by atoms with van der Waals surface area (Å²) in [5, 5.41) is 8.90. The highest BCUT2D eigenvalue weighted by molar-refractivity contribution is 5.99. The van der Waals surface area contributed by atoms with Crippen LogP contribution in [0.5, 0.6) is 0 Å². The van der Waals surface area contributed by atoms with Gasteiger partial charge in [0.05, 0.1) is 5.92 Å². The number of Topliss-reactive ketones (excluding diaryl/α,β-unsaturated/α-hetero) is 1. The van der Waals surface area contributed by atoms with Crippen LogP contribution in [0.4, 0.5) is 0 Å². The Labute approximate surface area is 110 Å². The second-order valence-corrected chi connectivity index (χ2v) is 4.76. The second kappa shape index (κ2) is 5.26.